The van der Waals surface area contributed by atoms with Crippen LogP contribution in [0.2, 0.25) is 5.02 Å². The van der Waals surface area contributed by atoms with E-state index in [2.05, 4.69) is 5.10 Å². The van der Waals surface area contributed by atoms with Crippen molar-refractivity contribution in [3.05, 3.63) is 57.9 Å². The molecule has 0 N–H and O–H groups in total. The molecule has 2 heterocycles. The van der Waals surface area contributed by atoms with Crippen molar-refractivity contribution in [3.63, 3.8) is 0 Å². The lowest BCUT2D eigenvalue weighted by Crippen LogP contribution is -2.32. The first-order valence-electron chi connectivity index (χ1n) is 9.03. The molecule has 2 aromatic carbocycles. The zero-order valence-electron chi connectivity index (χ0n) is 16.0. The average molecular weight is 448 g/mol. The van der Waals surface area contributed by atoms with Crippen molar-refractivity contribution < 1.29 is 23.4 Å². The van der Waals surface area contributed by atoms with Gasteiger partial charge in [-0.2, -0.15) is 0 Å². The van der Waals surface area contributed by atoms with Gasteiger partial charge in [-0.3, -0.25) is 9.69 Å². The largest absolute Gasteiger partial charge is 0.468 e. The van der Waals surface area contributed by atoms with E-state index in [1.54, 1.807) is 24.3 Å². The smallest absolute Gasteiger partial charge is 0.319 e. The Morgan fingerprint density at radius 1 is 1.23 bits per heavy atom. The third kappa shape index (κ3) is 4.64. The minimum absolute atomic E-state index is 0.0626. The Kier molecular flexibility index (Phi) is 6.03. The lowest BCUT2D eigenvalue weighted by atomic mass is 10.2. The van der Waals surface area contributed by atoms with Crippen LogP contribution in [0.4, 0.5) is 0 Å². The van der Waals surface area contributed by atoms with Gasteiger partial charge in [0.25, 0.3) is 4.84 Å². The minimum Gasteiger partial charge on any atom is -0.468 e. The van der Waals surface area contributed by atoms with Gasteiger partial charge in [0.05, 0.1) is 20.3 Å². The van der Waals surface area contributed by atoms with E-state index in [1.165, 1.54) is 11.8 Å². The Bertz CT molecular complexity index is 1110. The summed E-state index contributed by atoms with van der Waals surface area (Å²) < 4.78 is 22.7. The summed E-state index contributed by atoms with van der Waals surface area (Å²) in [7, 11) is 1.35. The van der Waals surface area contributed by atoms with Crippen LogP contribution in [-0.4, -0.2) is 41.1 Å². The third-order valence-corrected chi connectivity index (χ3v) is 5.01. The number of aromatic nitrogens is 2. The molecule has 0 fully saturated rings. The molecular formula is C20H18ClN3O5S. The number of hydrogen-bond acceptors (Lipinski definition) is 8. The SMILES string of the molecule is COC(=O)CN(Cc1ccc(Cl)cc1)Cn1nc(-c2ccc3c(c2)OCO3)oc1=S. The van der Waals surface area contributed by atoms with E-state index in [-0.39, 0.29) is 30.8 Å². The lowest BCUT2D eigenvalue weighted by Gasteiger charge is -2.20. The van der Waals surface area contributed by atoms with Gasteiger partial charge in [-0.15, -0.1) is 5.10 Å². The number of carbonyl (C=O) groups is 1. The number of nitrogens with zero attached hydrogens (tertiary/aromatic N) is 3. The van der Waals surface area contributed by atoms with E-state index in [9.17, 15) is 4.79 Å². The molecule has 0 amide bonds. The molecule has 10 heteroatoms. The lowest BCUT2D eigenvalue weighted by molar-refractivity contribution is -0.142. The number of fused-ring (bicyclic) bond motifs is 1. The van der Waals surface area contributed by atoms with Crippen LogP contribution in [0.15, 0.2) is 46.9 Å². The van der Waals surface area contributed by atoms with Crippen molar-refractivity contribution in [2.24, 2.45) is 0 Å². The Hall–Kier alpha value is -2.88. The van der Waals surface area contributed by atoms with Crippen molar-refractivity contribution in [2.75, 3.05) is 20.4 Å². The number of carbonyl (C=O) groups excluding carboxylic acids is 1. The maximum atomic E-state index is 11.9. The van der Waals surface area contributed by atoms with E-state index in [4.69, 9.17) is 42.4 Å². The van der Waals surface area contributed by atoms with Gasteiger partial charge in [0, 0.05) is 17.1 Å². The number of esters is 1. The molecule has 1 aromatic heterocycles. The number of methoxy groups -OCH3 is 1. The van der Waals surface area contributed by atoms with Gasteiger partial charge in [-0.05, 0) is 48.1 Å². The summed E-state index contributed by atoms with van der Waals surface area (Å²) >= 11 is 11.3. The molecule has 1 aliphatic heterocycles. The molecule has 156 valence electrons. The maximum absolute atomic E-state index is 11.9. The Balaban J connectivity index is 1.55. The molecule has 0 aliphatic carbocycles. The van der Waals surface area contributed by atoms with Crippen LogP contribution in [0.3, 0.4) is 0 Å². The second-order valence-electron chi connectivity index (χ2n) is 6.57. The molecule has 0 spiro atoms. The zero-order chi connectivity index (χ0) is 21.1. The quantitative estimate of drug-likeness (QED) is 0.398. The molecule has 30 heavy (non-hydrogen) atoms. The summed E-state index contributed by atoms with van der Waals surface area (Å²) in [5.41, 5.74) is 1.69. The molecule has 0 saturated heterocycles. The van der Waals surface area contributed by atoms with Gasteiger partial charge in [0.1, 0.15) is 0 Å². The van der Waals surface area contributed by atoms with Gasteiger partial charge in [0.2, 0.25) is 12.7 Å². The summed E-state index contributed by atoms with van der Waals surface area (Å²) in [6.07, 6.45) is 0. The molecule has 0 unspecified atom stereocenters. The fourth-order valence-electron chi connectivity index (χ4n) is 2.98. The van der Waals surface area contributed by atoms with Gasteiger partial charge in [-0.25, -0.2) is 4.68 Å². The molecule has 0 bridgehead atoms. The first-order valence-corrected chi connectivity index (χ1v) is 9.82. The highest BCUT2D eigenvalue weighted by Crippen LogP contribution is 2.35. The van der Waals surface area contributed by atoms with Crippen LogP contribution in [0.1, 0.15) is 5.56 Å². The molecule has 8 nitrogen and oxygen atoms in total. The van der Waals surface area contributed by atoms with Crippen molar-refractivity contribution in [1.82, 2.24) is 14.7 Å². The number of benzene rings is 2. The highest BCUT2D eigenvalue weighted by molar-refractivity contribution is 7.71. The fourth-order valence-corrected chi connectivity index (χ4v) is 3.29. The average Bonchev–Trinajstić information content (AvgIpc) is 3.35. The van der Waals surface area contributed by atoms with Crippen LogP contribution >= 0.6 is 23.8 Å². The number of halogens is 1. The molecule has 4 rings (SSSR count). The van der Waals surface area contributed by atoms with E-state index in [1.807, 2.05) is 23.1 Å². The predicted octanol–water partition coefficient (Wildman–Crippen LogP) is 3.89. The maximum Gasteiger partial charge on any atom is 0.319 e. The second kappa shape index (κ2) is 8.86. The highest BCUT2D eigenvalue weighted by atomic mass is 35.5. The normalized spacial score (nSPS) is 12.4. The van der Waals surface area contributed by atoms with Crippen molar-refractivity contribution >= 4 is 29.8 Å². The van der Waals surface area contributed by atoms with Crippen LogP contribution in [0.5, 0.6) is 11.5 Å². The van der Waals surface area contributed by atoms with Gasteiger partial charge < -0.3 is 18.6 Å². The monoisotopic (exact) mass is 447 g/mol. The Morgan fingerprint density at radius 3 is 2.77 bits per heavy atom. The van der Waals surface area contributed by atoms with Crippen LogP contribution in [-0.2, 0) is 22.7 Å². The zero-order valence-corrected chi connectivity index (χ0v) is 17.6. The molecule has 0 saturated carbocycles. The molecule has 0 atom stereocenters. The van der Waals surface area contributed by atoms with Crippen LogP contribution < -0.4 is 9.47 Å². The predicted molar refractivity (Wildman–Crippen MR) is 111 cm³/mol. The number of hydrogen-bond donors (Lipinski definition) is 0. The van der Waals surface area contributed by atoms with Gasteiger partial charge in [-0.1, -0.05) is 23.7 Å². The highest BCUT2D eigenvalue weighted by Gasteiger charge is 2.18. The molecular weight excluding hydrogens is 430 g/mol. The van der Waals surface area contributed by atoms with Crippen molar-refractivity contribution in [2.45, 2.75) is 13.2 Å². The Labute approximate surface area is 182 Å². The molecule has 1 aliphatic rings. The summed E-state index contributed by atoms with van der Waals surface area (Å²) in [4.78, 5) is 13.9. The summed E-state index contributed by atoms with van der Waals surface area (Å²) in [5.74, 6) is 1.28. The first-order chi connectivity index (χ1) is 14.5. The minimum atomic E-state index is -0.366. The first kappa shape index (κ1) is 20.4. The van der Waals surface area contributed by atoms with Gasteiger partial charge >= 0.3 is 5.97 Å². The van der Waals surface area contributed by atoms with Gasteiger partial charge in [0.15, 0.2) is 11.5 Å². The van der Waals surface area contributed by atoms with Crippen LogP contribution in [0, 0.1) is 4.84 Å². The van der Waals surface area contributed by atoms with E-state index < -0.39 is 0 Å². The standard InChI is InChI=1S/C20H18ClN3O5S/c1-26-18(25)10-23(9-13-2-5-15(21)6-3-13)11-24-20(30)29-19(22-24)14-4-7-16-17(8-14)28-12-27-16/h2-8H,9-12H2,1H3. The topological polar surface area (TPSA) is 79.0 Å². The second-order valence-corrected chi connectivity index (χ2v) is 7.36. The number of ether oxygens (including phenoxy) is 3. The van der Waals surface area contributed by atoms with Crippen molar-refractivity contribution in [3.8, 4) is 23.0 Å². The third-order valence-electron chi connectivity index (χ3n) is 4.46. The number of rotatable bonds is 7. The summed E-state index contributed by atoms with van der Waals surface area (Å²) in [6, 6.07) is 12.8. The summed E-state index contributed by atoms with van der Waals surface area (Å²) in [6.45, 7) is 0.960. The fraction of sp³-hybridized carbons (Fsp3) is 0.250. The van der Waals surface area contributed by atoms with E-state index in [0.29, 0.717) is 34.5 Å². The summed E-state index contributed by atoms with van der Waals surface area (Å²) in [5, 5.41) is 5.11. The van der Waals surface area contributed by atoms with Crippen molar-refractivity contribution in [1.29, 1.82) is 0 Å². The molecule has 3 aromatic rings. The van der Waals surface area contributed by atoms with Crippen LogP contribution in [0.25, 0.3) is 11.5 Å². The van der Waals surface area contributed by atoms with E-state index in [0.717, 1.165) is 5.56 Å². The molecule has 0 radical (unpaired) electrons. The van der Waals surface area contributed by atoms with E-state index >= 15 is 0 Å². The Morgan fingerprint density at radius 2 is 2.00 bits per heavy atom.